The van der Waals surface area contributed by atoms with Gasteiger partial charge in [0.15, 0.2) is 6.10 Å². The first-order valence-electron chi connectivity index (χ1n) is 5.06. The molecule has 1 N–H and O–H groups in total. The van der Waals surface area contributed by atoms with Gasteiger partial charge in [0.25, 0.3) is 0 Å². The molecular weight excluding hydrogens is 233 g/mol. The van der Waals surface area contributed by atoms with Crippen LogP contribution in [0.15, 0.2) is 12.1 Å². The van der Waals surface area contributed by atoms with Crippen LogP contribution in [0, 0.1) is 25.2 Å². The Morgan fingerprint density at radius 1 is 1.35 bits per heavy atom. The lowest BCUT2D eigenvalue weighted by Gasteiger charge is -2.20. The number of nitriles is 1. The molecule has 0 fully saturated rings. The fourth-order valence-corrected chi connectivity index (χ4v) is 1.73. The average molecular weight is 246 g/mol. The van der Waals surface area contributed by atoms with Gasteiger partial charge in [-0.25, -0.2) is 0 Å². The molecule has 0 aromatic carbocycles. The van der Waals surface area contributed by atoms with Crippen molar-refractivity contribution in [3.63, 3.8) is 0 Å². The van der Waals surface area contributed by atoms with Gasteiger partial charge in [0.05, 0.1) is 6.07 Å². The van der Waals surface area contributed by atoms with Crippen LogP contribution >= 0.6 is 0 Å². The van der Waals surface area contributed by atoms with Crippen molar-refractivity contribution >= 4 is 0 Å². The summed E-state index contributed by atoms with van der Waals surface area (Å²) >= 11 is 0. The second kappa shape index (κ2) is 4.80. The number of aromatic nitrogens is 1. The van der Waals surface area contributed by atoms with Gasteiger partial charge in [0.1, 0.15) is 6.04 Å². The van der Waals surface area contributed by atoms with Gasteiger partial charge in [0.2, 0.25) is 0 Å². The molecule has 1 aromatic heterocycles. The van der Waals surface area contributed by atoms with Gasteiger partial charge in [-0.3, -0.25) is 0 Å². The SMILES string of the molecule is Cc1ccc(C)n1C(C#N)C[C@H](O)C(F)(F)F. The molecule has 17 heavy (non-hydrogen) atoms. The minimum Gasteiger partial charge on any atom is -0.384 e. The molecule has 1 rings (SSSR count). The number of aliphatic hydroxyl groups excluding tert-OH is 1. The zero-order valence-corrected chi connectivity index (χ0v) is 9.49. The van der Waals surface area contributed by atoms with Crippen LogP contribution in [0.3, 0.4) is 0 Å². The van der Waals surface area contributed by atoms with E-state index in [-0.39, 0.29) is 0 Å². The summed E-state index contributed by atoms with van der Waals surface area (Å²) < 4.78 is 38.2. The maximum Gasteiger partial charge on any atom is 0.414 e. The third-order valence-electron chi connectivity index (χ3n) is 2.61. The molecule has 1 heterocycles. The number of rotatable bonds is 3. The number of halogens is 3. The number of aryl methyl sites for hydroxylation is 2. The number of nitrogens with zero attached hydrogens (tertiary/aromatic N) is 2. The lowest BCUT2D eigenvalue weighted by molar-refractivity contribution is -0.206. The molecule has 0 bridgehead atoms. The van der Waals surface area contributed by atoms with E-state index in [4.69, 9.17) is 10.4 Å². The molecule has 0 aliphatic heterocycles. The van der Waals surface area contributed by atoms with E-state index in [9.17, 15) is 13.2 Å². The Labute approximate surface area is 97.1 Å². The second-order valence-electron chi connectivity index (χ2n) is 3.92. The zero-order chi connectivity index (χ0) is 13.2. The number of aliphatic hydroxyl groups is 1. The molecule has 0 spiro atoms. The minimum atomic E-state index is -4.69. The number of hydrogen-bond donors (Lipinski definition) is 1. The summed E-state index contributed by atoms with van der Waals surface area (Å²) in [4.78, 5) is 0. The fourth-order valence-electron chi connectivity index (χ4n) is 1.73. The predicted octanol–water partition coefficient (Wildman–Crippen LogP) is 2.48. The summed E-state index contributed by atoms with van der Waals surface area (Å²) in [7, 11) is 0. The molecule has 94 valence electrons. The second-order valence-corrected chi connectivity index (χ2v) is 3.92. The summed E-state index contributed by atoms with van der Waals surface area (Å²) in [5.41, 5.74) is 1.40. The van der Waals surface area contributed by atoms with E-state index in [0.29, 0.717) is 11.4 Å². The van der Waals surface area contributed by atoms with Gasteiger partial charge >= 0.3 is 6.18 Å². The van der Waals surface area contributed by atoms with Crippen LogP contribution in [-0.4, -0.2) is 22.0 Å². The van der Waals surface area contributed by atoms with Gasteiger partial charge in [-0.2, -0.15) is 18.4 Å². The Morgan fingerprint density at radius 2 is 1.82 bits per heavy atom. The molecule has 0 radical (unpaired) electrons. The van der Waals surface area contributed by atoms with Crippen LogP contribution in [0.25, 0.3) is 0 Å². The van der Waals surface area contributed by atoms with E-state index in [1.54, 1.807) is 32.0 Å². The molecule has 1 aromatic rings. The minimum absolute atomic E-state index is 0.656. The topological polar surface area (TPSA) is 49.0 Å². The van der Waals surface area contributed by atoms with Gasteiger partial charge in [-0.1, -0.05) is 0 Å². The third-order valence-corrected chi connectivity index (χ3v) is 2.61. The average Bonchev–Trinajstić information content (AvgIpc) is 2.54. The smallest absolute Gasteiger partial charge is 0.384 e. The summed E-state index contributed by atoms with van der Waals surface area (Å²) in [6.07, 6.45) is -7.83. The molecule has 0 saturated heterocycles. The largest absolute Gasteiger partial charge is 0.414 e. The Bertz CT molecular complexity index is 411. The lowest BCUT2D eigenvalue weighted by Crippen LogP contribution is -2.31. The van der Waals surface area contributed by atoms with Crippen LogP contribution in [-0.2, 0) is 0 Å². The summed E-state index contributed by atoms with van der Waals surface area (Å²) in [6, 6.07) is 4.22. The molecule has 3 nitrogen and oxygen atoms in total. The van der Waals surface area contributed by atoms with Crippen molar-refractivity contribution in [1.82, 2.24) is 4.57 Å². The zero-order valence-electron chi connectivity index (χ0n) is 9.49. The highest BCUT2D eigenvalue weighted by molar-refractivity contribution is 5.17. The van der Waals surface area contributed by atoms with Crippen LogP contribution in [0.5, 0.6) is 0 Å². The van der Waals surface area contributed by atoms with Crippen LogP contribution in [0.2, 0.25) is 0 Å². The number of alkyl halides is 3. The quantitative estimate of drug-likeness (QED) is 0.890. The monoisotopic (exact) mass is 246 g/mol. The third kappa shape index (κ3) is 3.01. The highest BCUT2D eigenvalue weighted by Crippen LogP contribution is 2.28. The molecule has 0 aliphatic carbocycles. The Balaban J connectivity index is 2.92. The van der Waals surface area contributed by atoms with Crippen molar-refractivity contribution < 1.29 is 18.3 Å². The molecular formula is C11H13F3N2O. The first-order valence-corrected chi connectivity index (χ1v) is 5.06. The maximum absolute atomic E-state index is 12.2. The summed E-state index contributed by atoms with van der Waals surface area (Å²) in [5.74, 6) is 0. The first-order chi connectivity index (χ1) is 7.77. The maximum atomic E-state index is 12.2. The first kappa shape index (κ1) is 13.6. The Kier molecular flexibility index (Phi) is 3.83. The molecule has 1 unspecified atom stereocenters. The lowest BCUT2D eigenvalue weighted by atomic mass is 10.1. The number of hydrogen-bond acceptors (Lipinski definition) is 2. The molecule has 6 heteroatoms. The van der Waals surface area contributed by atoms with E-state index in [1.807, 2.05) is 0 Å². The summed E-state index contributed by atoms with van der Waals surface area (Å²) in [6.45, 7) is 3.41. The fraction of sp³-hybridized carbons (Fsp3) is 0.545. The van der Waals surface area contributed by atoms with Crippen LogP contribution in [0.4, 0.5) is 13.2 Å². The highest BCUT2D eigenvalue weighted by Gasteiger charge is 2.40. The Morgan fingerprint density at radius 3 is 2.18 bits per heavy atom. The van der Waals surface area contributed by atoms with Crippen molar-refractivity contribution in [1.29, 1.82) is 5.26 Å². The van der Waals surface area contributed by atoms with Gasteiger partial charge in [-0.15, -0.1) is 0 Å². The van der Waals surface area contributed by atoms with Gasteiger partial charge in [-0.05, 0) is 26.0 Å². The highest BCUT2D eigenvalue weighted by atomic mass is 19.4. The van der Waals surface area contributed by atoms with E-state index in [1.165, 1.54) is 4.57 Å². The van der Waals surface area contributed by atoms with Crippen molar-refractivity contribution in [2.45, 2.75) is 38.6 Å². The van der Waals surface area contributed by atoms with Crippen molar-refractivity contribution in [2.75, 3.05) is 0 Å². The normalized spacial score (nSPS) is 15.4. The van der Waals surface area contributed by atoms with Crippen molar-refractivity contribution in [2.24, 2.45) is 0 Å². The predicted molar refractivity (Wildman–Crippen MR) is 55.2 cm³/mol. The van der Waals surface area contributed by atoms with E-state index >= 15 is 0 Å². The van der Waals surface area contributed by atoms with E-state index in [0.717, 1.165) is 0 Å². The molecule has 0 saturated carbocycles. The molecule has 2 atom stereocenters. The molecule has 0 aliphatic rings. The molecule has 0 amide bonds. The van der Waals surface area contributed by atoms with Crippen LogP contribution < -0.4 is 0 Å². The van der Waals surface area contributed by atoms with Crippen molar-refractivity contribution in [3.8, 4) is 6.07 Å². The summed E-state index contributed by atoms with van der Waals surface area (Å²) in [5, 5.41) is 17.9. The standard InChI is InChI=1S/C11H13F3N2O/c1-7-3-4-8(2)16(7)9(6-15)5-10(17)11(12,13)14/h3-4,9-10,17H,5H2,1-2H3/t9?,10-/m0/s1. The van der Waals surface area contributed by atoms with E-state index in [2.05, 4.69) is 0 Å². The van der Waals surface area contributed by atoms with Gasteiger partial charge < -0.3 is 9.67 Å². The van der Waals surface area contributed by atoms with E-state index < -0.39 is 24.7 Å². The van der Waals surface area contributed by atoms with Crippen LogP contribution in [0.1, 0.15) is 23.9 Å². The van der Waals surface area contributed by atoms with Gasteiger partial charge in [0, 0.05) is 17.8 Å². The van der Waals surface area contributed by atoms with Crippen molar-refractivity contribution in [3.05, 3.63) is 23.5 Å². The Hall–Kier alpha value is -1.48.